The van der Waals surface area contributed by atoms with E-state index in [0.29, 0.717) is 5.92 Å². The van der Waals surface area contributed by atoms with Crippen LogP contribution in [0.5, 0.6) is 5.75 Å². The molecule has 1 aromatic carbocycles. The smallest absolute Gasteiger partial charge is 0.168 e. The van der Waals surface area contributed by atoms with Gasteiger partial charge in [0.2, 0.25) is 0 Å². The van der Waals surface area contributed by atoms with Crippen LogP contribution in [0, 0.1) is 0 Å². The second-order valence-corrected chi connectivity index (χ2v) is 6.87. The molecule has 0 bridgehead atoms. The average molecular weight is 335 g/mol. The van der Waals surface area contributed by atoms with Crippen molar-refractivity contribution in [3.8, 4) is 11.4 Å². The first kappa shape index (κ1) is 14.7. The highest BCUT2D eigenvalue weighted by molar-refractivity contribution is 5.88. The van der Waals surface area contributed by atoms with Crippen LogP contribution in [-0.4, -0.2) is 39.9 Å². The van der Waals surface area contributed by atoms with Crippen LogP contribution in [0.1, 0.15) is 37.4 Å². The topological polar surface area (TPSA) is 56.1 Å². The van der Waals surface area contributed by atoms with Crippen molar-refractivity contribution in [2.75, 3.05) is 25.1 Å². The molecule has 2 fully saturated rings. The maximum atomic E-state index is 5.26. The van der Waals surface area contributed by atoms with Crippen molar-refractivity contribution in [3.63, 3.8) is 0 Å². The third kappa shape index (κ3) is 2.52. The molecule has 1 aliphatic heterocycles. The number of hydrogen-bond acceptors (Lipinski definition) is 5. The minimum Gasteiger partial charge on any atom is -0.497 e. The van der Waals surface area contributed by atoms with Gasteiger partial charge >= 0.3 is 0 Å². The molecule has 2 aromatic heterocycles. The molecule has 5 rings (SSSR count). The standard InChI is InChI=1S/C19H21N5O/c1-25-15-8-6-14(7-9-15)24-19-16(12-20-24)18(23-10-2-3-11-23)21-17(22-19)13-4-5-13/h6-9,12-13H,2-5,10-11H2,1H3. The fraction of sp³-hybridized carbons (Fsp3) is 0.421. The molecule has 0 N–H and O–H groups in total. The highest BCUT2D eigenvalue weighted by atomic mass is 16.5. The van der Waals surface area contributed by atoms with E-state index in [1.807, 2.05) is 35.1 Å². The van der Waals surface area contributed by atoms with Gasteiger partial charge in [0.25, 0.3) is 0 Å². The van der Waals surface area contributed by atoms with Crippen molar-refractivity contribution in [1.29, 1.82) is 0 Å². The second kappa shape index (κ2) is 5.72. The number of ether oxygens (including phenoxy) is 1. The Bertz CT molecular complexity index is 907. The predicted molar refractivity (Wildman–Crippen MR) is 96.6 cm³/mol. The lowest BCUT2D eigenvalue weighted by molar-refractivity contribution is 0.414. The van der Waals surface area contributed by atoms with Gasteiger partial charge in [-0.1, -0.05) is 0 Å². The zero-order valence-electron chi connectivity index (χ0n) is 14.4. The van der Waals surface area contributed by atoms with Gasteiger partial charge in [0.05, 0.1) is 24.4 Å². The summed E-state index contributed by atoms with van der Waals surface area (Å²) in [7, 11) is 1.68. The number of methoxy groups -OCH3 is 1. The Labute approximate surface area is 146 Å². The van der Waals surface area contributed by atoms with Crippen LogP contribution in [0.3, 0.4) is 0 Å². The Morgan fingerprint density at radius 3 is 2.48 bits per heavy atom. The molecule has 128 valence electrons. The lowest BCUT2D eigenvalue weighted by atomic mass is 10.3. The van der Waals surface area contributed by atoms with Crippen LogP contribution in [0.25, 0.3) is 16.7 Å². The molecule has 0 spiro atoms. The van der Waals surface area contributed by atoms with E-state index >= 15 is 0 Å². The Morgan fingerprint density at radius 2 is 1.80 bits per heavy atom. The first-order valence-electron chi connectivity index (χ1n) is 8.98. The van der Waals surface area contributed by atoms with Crippen molar-refractivity contribution in [3.05, 3.63) is 36.3 Å². The largest absolute Gasteiger partial charge is 0.497 e. The predicted octanol–water partition coefficient (Wildman–Crippen LogP) is 3.30. The normalized spacial score (nSPS) is 17.4. The van der Waals surface area contributed by atoms with E-state index in [-0.39, 0.29) is 0 Å². The molecule has 3 aromatic rings. The quantitative estimate of drug-likeness (QED) is 0.732. The summed E-state index contributed by atoms with van der Waals surface area (Å²) < 4.78 is 7.18. The van der Waals surface area contributed by atoms with E-state index in [0.717, 1.165) is 47.2 Å². The monoisotopic (exact) mass is 335 g/mol. The molecular weight excluding hydrogens is 314 g/mol. The van der Waals surface area contributed by atoms with Crippen molar-refractivity contribution in [2.45, 2.75) is 31.6 Å². The van der Waals surface area contributed by atoms with E-state index in [9.17, 15) is 0 Å². The van der Waals surface area contributed by atoms with E-state index in [2.05, 4.69) is 10.00 Å². The van der Waals surface area contributed by atoms with Crippen LogP contribution < -0.4 is 9.64 Å². The summed E-state index contributed by atoms with van der Waals surface area (Å²) in [5.41, 5.74) is 1.90. The van der Waals surface area contributed by atoms with Crippen molar-refractivity contribution in [2.24, 2.45) is 0 Å². The molecule has 0 radical (unpaired) electrons. The highest BCUT2D eigenvalue weighted by Crippen LogP contribution is 2.40. The lowest BCUT2D eigenvalue weighted by Crippen LogP contribution is -2.20. The summed E-state index contributed by atoms with van der Waals surface area (Å²) >= 11 is 0. The molecule has 1 aliphatic carbocycles. The van der Waals surface area contributed by atoms with Gasteiger partial charge in [0.15, 0.2) is 5.65 Å². The van der Waals surface area contributed by atoms with Crippen LogP contribution >= 0.6 is 0 Å². The van der Waals surface area contributed by atoms with Gasteiger partial charge in [-0.15, -0.1) is 0 Å². The third-order valence-corrected chi connectivity index (χ3v) is 5.09. The summed E-state index contributed by atoms with van der Waals surface area (Å²) in [5.74, 6) is 3.39. The van der Waals surface area contributed by atoms with Crippen molar-refractivity contribution in [1.82, 2.24) is 19.7 Å². The van der Waals surface area contributed by atoms with Gasteiger partial charge < -0.3 is 9.64 Å². The molecule has 1 saturated heterocycles. The van der Waals surface area contributed by atoms with E-state index in [4.69, 9.17) is 14.7 Å². The number of anilines is 1. The summed E-state index contributed by atoms with van der Waals surface area (Å²) in [6, 6.07) is 7.93. The second-order valence-electron chi connectivity index (χ2n) is 6.87. The van der Waals surface area contributed by atoms with E-state index < -0.39 is 0 Å². The van der Waals surface area contributed by atoms with Crippen LogP contribution in [0.15, 0.2) is 30.5 Å². The number of rotatable bonds is 4. The van der Waals surface area contributed by atoms with Crippen LogP contribution in [-0.2, 0) is 0 Å². The number of fused-ring (bicyclic) bond motifs is 1. The van der Waals surface area contributed by atoms with Gasteiger partial charge in [-0.2, -0.15) is 5.10 Å². The summed E-state index contributed by atoms with van der Waals surface area (Å²) in [6.07, 6.45) is 6.76. The Balaban J connectivity index is 1.66. The highest BCUT2D eigenvalue weighted by Gasteiger charge is 2.30. The zero-order valence-corrected chi connectivity index (χ0v) is 14.4. The fourth-order valence-corrected chi connectivity index (χ4v) is 3.52. The molecule has 0 unspecified atom stereocenters. The van der Waals surface area contributed by atoms with Gasteiger partial charge in [-0.05, 0) is 49.9 Å². The van der Waals surface area contributed by atoms with Gasteiger partial charge in [0.1, 0.15) is 17.4 Å². The maximum Gasteiger partial charge on any atom is 0.168 e. The molecule has 1 saturated carbocycles. The first-order chi connectivity index (χ1) is 12.3. The summed E-state index contributed by atoms with van der Waals surface area (Å²) in [5, 5.41) is 5.66. The van der Waals surface area contributed by atoms with Gasteiger partial charge in [-0.25, -0.2) is 14.6 Å². The molecule has 0 amide bonds. The molecule has 0 atom stereocenters. The Kier molecular flexibility index (Phi) is 3.36. The SMILES string of the molecule is COc1ccc(-n2ncc3c(N4CCCC4)nc(C4CC4)nc32)cc1. The third-order valence-electron chi connectivity index (χ3n) is 5.09. The number of aromatic nitrogens is 4. The minimum atomic E-state index is 0.518. The lowest BCUT2D eigenvalue weighted by Gasteiger charge is -2.18. The minimum absolute atomic E-state index is 0.518. The zero-order chi connectivity index (χ0) is 16.8. The molecule has 3 heterocycles. The first-order valence-corrected chi connectivity index (χ1v) is 8.98. The molecule has 25 heavy (non-hydrogen) atoms. The van der Waals surface area contributed by atoms with E-state index in [1.54, 1.807) is 7.11 Å². The number of nitrogens with zero attached hydrogens (tertiary/aromatic N) is 5. The number of hydrogen-bond donors (Lipinski definition) is 0. The van der Waals surface area contributed by atoms with Gasteiger partial charge in [0, 0.05) is 19.0 Å². The Morgan fingerprint density at radius 1 is 1.04 bits per heavy atom. The van der Waals surface area contributed by atoms with Crippen LogP contribution in [0.4, 0.5) is 5.82 Å². The van der Waals surface area contributed by atoms with Gasteiger partial charge in [-0.3, -0.25) is 0 Å². The van der Waals surface area contributed by atoms with Crippen molar-refractivity contribution < 1.29 is 4.74 Å². The molecular formula is C19H21N5O. The maximum absolute atomic E-state index is 5.26. The van der Waals surface area contributed by atoms with E-state index in [1.165, 1.54) is 25.7 Å². The Hall–Kier alpha value is -2.63. The van der Waals surface area contributed by atoms with Crippen LogP contribution in [0.2, 0.25) is 0 Å². The van der Waals surface area contributed by atoms with Crippen molar-refractivity contribution >= 4 is 16.9 Å². The number of benzene rings is 1. The molecule has 6 heteroatoms. The average Bonchev–Trinajstić information content (AvgIpc) is 3.19. The summed E-state index contributed by atoms with van der Waals surface area (Å²) in [6.45, 7) is 2.15. The fourth-order valence-electron chi connectivity index (χ4n) is 3.52. The molecule has 2 aliphatic rings. The molecule has 6 nitrogen and oxygen atoms in total. The summed E-state index contributed by atoms with van der Waals surface area (Å²) in [4.78, 5) is 12.2.